The van der Waals surface area contributed by atoms with E-state index in [9.17, 15) is 0 Å². The Morgan fingerprint density at radius 1 is 0.900 bits per heavy atom. The molecule has 0 aromatic heterocycles. The highest BCUT2D eigenvalue weighted by atomic mass is 14.9. The standard InChI is InChI=1S/C19H31N/c1-14-13-15(2)17(4)19(16(14)3)9-7-5-6-8-12-20-18-10-11-18/h13,18,20H,5-12H2,1-4H3. The van der Waals surface area contributed by atoms with Crippen molar-refractivity contribution < 1.29 is 0 Å². The van der Waals surface area contributed by atoms with Crippen molar-refractivity contribution in [2.45, 2.75) is 78.7 Å². The van der Waals surface area contributed by atoms with E-state index in [1.165, 1.54) is 73.7 Å². The topological polar surface area (TPSA) is 12.0 Å². The summed E-state index contributed by atoms with van der Waals surface area (Å²) >= 11 is 0. The Morgan fingerprint density at radius 3 is 2.10 bits per heavy atom. The smallest absolute Gasteiger partial charge is 0.00682 e. The van der Waals surface area contributed by atoms with Gasteiger partial charge in [-0.1, -0.05) is 18.9 Å². The number of hydrogen-bond acceptors (Lipinski definition) is 1. The first-order valence-corrected chi connectivity index (χ1v) is 8.39. The van der Waals surface area contributed by atoms with Crippen LogP contribution in [0.5, 0.6) is 0 Å². The minimum atomic E-state index is 0.871. The van der Waals surface area contributed by atoms with Gasteiger partial charge in [-0.2, -0.15) is 0 Å². The Balaban J connectivity index is 1.70. The summed E-state index contributed by atoms with van der Waals surface area (Å²) < 4.78 is 0. The van der Waals surface area contributed by atoms with Crippen molar-refractivity contribution in [3.8, 4) is 0 Å². The van der Waals surface area contributed by atoms with E-state index in [4.69, 9.17) is 0 Å². The molecule has 1 heteroatoms. The molecule has 1 saturated carbocycles. The van der Waals surface area contributed by atoms with Crippen LogP contribution in [0.1, 0.15) is 66.3 Å². The fourth-order valence-electron chi connectivity index (χ4n) is 3.05. The molecule has 1 nitrogen and oxygen atoms in total. The van der Waals surface area contributed by atoms with Gasteiger partial charge in [-0.05, 0) is 94.2 Å². The van der Waals surface area contributed by atoms with Gasteiger partial charge >= 0.3 is 0 Å². The van der Waals surface area contributed by atoms with Gasteiger partial charge in [-0.25, -0.2) is 0 Å². The van der Waals surface area contributed by atoms with Crippen LogP contribution in [0.2, 0.25) is 0 Å². The van der Waals surface area contributed by atoms with E-state index >= 15 is 0 Å². The van der Waals surface area contributed by atoms with Crippen molar-refractivity contribution in [2.24, 2.45) is 0 Å². The number of nitrogens with one attached hydrogen (secondary N) is 1. The molecule has 0 atom stereocenters. The zero-order valence-electron chi connectivity index (χ0n) is 13.8. The first kappa shape index (κ1) is 15.6. The lowest BCUT2D eigenvalue weighted by Gasteiger charge is -2.15. The molecule has 20 heavy (non-hydrogen) atoms. The largest absolute Gasteiger partial charge is 0.314 e. The van der Waals surface area contributed by atoms with Crippen LogP contribution >= 0.6 is 0 Å². The summed E-state index contributed by atoms with van der Waals surface area (Å²) in [4.78, 5) is 0. The lowest BCUT2D eigenvalue weighted by atomic mass is 9.91. The molecule has 1 aliphatic rings. The molecule has 0 radical (unpaired) electrons. The van der Waals surface area contributed by atoms with Crippen LogP contribution in [0.15, 0.2) is 6.07 Å². The summed E-state index contributed by atoms with van der Waals surface area (Å²) in [6, 6.07) is 3.20. The van der Waals surface area contributed by atoms with Gasteiger partial charge in [0.25, 0.3) is 0 Å². The van der Waals surface area contributed by atoms with Crippen molar-refractivity contribution in [1.29, 1.82) is 0 Å². The van der Waals surface area contributed by atoms with Crippen LogP contribution in [0.4, 0.5) is 0 Å². The quantitative estimate of drug-likeness (QED) is 0.672. The summed E-state index contributed by atoms with van der Waals surface area (Å²) in [6.45, 7) is 10.3. The van der Waals surface area contributed by atoms with Crippen molar-refractivity contribution >= 4 is 0 Å². The first-order valence-electron chi connectivity index (χ1n) is 8.39. The minimum absolute atomic E-state index is 0.871. The third-order valence-electron chi connectivity index (χ3n) is 4.89. The van der Waals surface area contributed by atoms with Crippen LogP contribution < -0.4 is 5.32 Å². The second-order valence-corrected chi connectivity index (χ2v) is 6.63. The van der Waals surface area contributed by atoms with E-state index in [1.54, 1.807) is 5.56 Å². The highest BCUT2D eigenvalue weighted by molar-refractivity contribution is 5.43. The molecule has 1 aromatic rings. The highest BCUT2D eigenvalue weighted by Crippen LogP contribution is 2.23. The Kier molecular flexibility index (Phi) is 5.65. The molecule has 1 N–H and O–H groups in total. The molecule has 0 bridgehead atoms. The third kappa shape index (κ3) is 4.34. The van der Waals surface area contributed by atoms with Crippen LogP contribution in [-0.4, -0.2) is 12.6 Å². The summed E-state index contributed by atoms with van der Waals surface area (Å²) in [6.07, 6.45) is 9.52. The predicted octanol–water partition coefficient (Wildman–Crippen LogP) is 4.78. The van der Waals surface area contributed by atoms with E-state index in [2.05, 4.69) is 39.1 Å². The van der Waals surface area contributed by atoms with Gasteiger partial charge in [-0.15, -0.1) is 0 Å². The third-order valence-corrected chi connectivity index (χ3v) is 4.89. The predicted molar refractivity (Wildman–Crippen MR) is 88.6 cm³/mol. The lowest BCUT2D eigenvalue weighted by molar-refractivity contribution is 0.584. The number of hydrogen-bond donors (Lipinski definition) is 1. The maximum Gasteiger partial charge on any atom is 0.00682 e. The van der Waals surface area contributed by atoms with E-state index in [0.717, 1.165) is 6.04 Å². The molecule has 0 aliphatic heterocycles. The van der Waals surface area contributed by atoms with Gasteiger partial charge in [0.1, 0.15) is 0 Å². The second-order valence-electron chi connectivity index (χ2n) is 6.63. The average Bonchev–Trinajstić information content (AvgIpc) is 3.23. The number of aryl methyl sites for hydroxylation is 2. The van der Waals surface area contributed by atoms with Crippen molar-refractivity contribution in [3.05, 3.63) is 33.9 Å². The number of rotatable bonds is 8. The molecule has 1 aliphatic carbocycles. The zero-order chi connectivity index (χ0) is 14.5. The Hall–Kier alpha value is -0.820. The summed E-state index contributed by atoms with van der Waals surface area (Å²) in [5.74, 6) is 0. The van der Waals surface area contributed by atoms with Gasteiger partial charge in [0.15, 0.2) is 0 Å². The van der Waals surface area contributed by atoms with E-state index in [0.29, 0.717) is 0 Å². The lowest BCUT2D eigenvalue weighted by Crippen LogP contribution is -2.17. The monoisotopic (exact) mass is 273 g/mol. The summed E-state index contributed by atoms with van der Waals surface area (Å²) in [7, 11) is 0. The van der Waals surface area contributed by atoms with Gasteiger partial charge in [0, 0.05) is 6.04 Å². The Morgan fingerprint density at radius 2 is 1.50 bits per heavy atom. The molecule has 1 aromatic carbocycles. The maximum absolute atomic E-state index is 3.60. The molecule has 0 saturated heterocycles. The SMILES string of the molecule is Cc1cc(C)c(C)c(CCCCCCNC2CC2)c1C. The molecule has 0 unspecified atom stereocenters. The molecule has 0 spiro atoms. The van der Waals surface area contributed by atoms with E-state index in [-0.39, 0.29) is 0 Å². The normalized spacial score (nSPS) is 14.8. The molecular formula is C19H31N. The molecule has 0 heterocycles. The van der Waals surface area contributed by atoms with Crippen LogP contribution in [0.3, 0.4) is 0 Å². The van der Waals surface area contributed by atoms with Crippen molar-refractivity contribution in [3.63, 3.8) is 0 Å². The van der Waals surface area contributed by atoms with Crippen LogP contribution in [-0.2, 0) is 6.42 Å². The first-order chi connectivity index (χ1) is 9.59. The van der Waals surface area contributed by atoms with Gasteiger partial charge in [0.05, 0.1) is 0 Å². The van der Waals surface area contributed by atoms with E-state index in [1.807, 2.05) is 0 Å². The Bertz CT molecular complexity index is 417. The van der Waals surface area contributed by atoms with Crippen molar-refractivity contribution in [2.75, 3.05) is 6.54 Å². The zero-order valence-corrected chi connectivity index (χ0v) is 13.8. The molecule has 0 amide bonds. The minimum Gasteiger partial charge on any atom is -0.314 e. The van der Waals surface area contributed by atoms with Gasteiger partial charge in [-0.3, -0.25) is 0 Å². The maximum atomic E-state index is 3.60. The molecule has 112 valence electrons. The summed E-state index contributed by atoms with van der Waals surface area (Å²) in [5, 5.41) is 3.60. The van der Waals surface area contributed by atoms with Crippen molar-refractivity contribution in [1.82, 2.24) is 5.32 Å². The second kappa shape index (κ2) is 7.26. The highest BCUT2D eigenvalue weighted by Gasteiger charge is 2.19. The van der Waals surface area contributed by atoms with Crippen LogP contribution in [0.25, 0.3) is 0 Å². The molecule has 1 fully saturated rings. The Labute approximate surface area is 125 Å². The van der Waals surface area contributed by atoms with Gasteiger partial charge < -0.3 is 5.32 Å². The summed E-state index contributed by atoms with van der Waals surface area (Å²) in [5.41, 5.74) is 7.55. The van der Waals surface area contributed by atoms with E-state index < -0.39 is 0 Å². The van der Waals surface area contributed by atoms with Crippen LogP contribution in [0, 0.1) is 27.7 Å². The average molecular weight is 273 g/mol. The fourth-order valence-corrected chi connectivity index (χ4v) is 3.05. The molecule has 2 rings (SSSR count). The number of unbranched alkanes of at least 4 members (excludes halogenated alkanes) is 3. The molecular weight excluding hydrogens is 242 g/mol. The van der Waals surface area contributed by atoms with Gasteiger partial charge in [0.2, 0.25) is 0 Å². The fraction of sp³-hybridized carbons (Fsp3) is 0.684. The number of benzene rings is 1.